The Morgan fingerprint density at radius 2 is 2.24 bits per heavy atom. The van der Waals surface area contributed by atoms with E-state index < -0.39 is 0 Å². The summed E-state index contributed by atoms with van der Waals surface area (Å²) in [6.45, 7) is 1.44. The van der Waals surface area contributed by atoms with Crippen molar-refractivity contribution >= 4 is 12.1 Å². The van der Waals surface area contributed by atoms with Gasteiger partial charge in [-0.2, -0.15) is 4.57 Å². The zero-order valence-corrected chi connectivity index (χ0v) is 9.54. The number of amides is 1. The Hall–Kier alpha value is -1.95. The number of nitrogens with two attached hydrogens (primary N) is 1. The molecule has 0 spiro atoms. The van der Waals surface area contributed by atoms with Crippen LogP contribution < -0.4 is 15.6 Å². The first-order valence-corrected chi connectivity index (χ1v) is 5.39. The van der Waals surface area contributed by atoms with E-state index in [9.17, 15) is 4.79 Å². The summed E-state index contributed by atoms with van der Waals surface area (Å²) in [7, 11) is 0. The normalized spacial score (nSPS) is 10.6. The topological polar surface area (TPSA) is 91.6 Å². The van der Waals surface area contributed by atoms with E-state index in [1.165, 1.54) is 6.21 Å². The highest BCUT2D eigenvalue weighted by molar-refractivity contribution is 5.78. The molecule has 1 amide bonds. The second-order valence-corrected chi connectivity index (χ2v) is 3.54. The van der Waals surface area contributed by atoms with Gasteiger partial charge in [-0.25, -0.2) is 0 Å². The van der Waals surface area contributed by atoms with Crippen LogP contribution in [0.2, 0.25) is 0 Å². The lowest BCUT2D eigenvalue weighted by Gasteiger charge is -2.01. The van der Waals surface area contributed by atoms with E-state index in [-0.39, 0.29) is 12.5 Å². The number of pyridine rings is 1. The number of nitrogens with zero attached hydrogens (tertiary/aromatic N) is 2. The largest absolute Gasteiger partial charge is 0.411 e. The molecule has 0 bridgehead atoms. The van der Waals surface area contributed by atoms with E-state index in [1.54, 1.807) is 29.1 Å². The first kappa shape index (κ1) is 13.1. The Balaban J connectivity index is 2.43. The van der Waals surface area contributed by atoms with Crippen molar-refractivity contribution in [3.05, 3.63) is 30.1 Å². The van der Waals surface area contributed by atoms with E-state index >= 15 is 0 Å². The Morgan fingerprint density at radius 1 is 1.53 bits per heavy atom. The maximum Gasteiger partial charge on any atom is 0.285 e. The number of hydrogen-bond acceptors (Lipinski definition) is 4. The van der Waals surface area contributed by atoms with Crippen LogP contribution in [0, 0.1) is 0 Å². The van der Waals surface area contributed by atoms with Crippen LogP contribution in [0.1, 0.15) is 12.0 Å². The minimum Gasteiger partial charge on any atom is -0.411 e. The molecule has 0 atom stereocenters. The molecule has 0 aliphatic carbocycles. The fraction of sp³-hybridized carbons (Fsp3) is 0.364. The second-order valence-electron chi connectivity index (χ2n) is 3.54. The van der Waals surface area contributed by atoms with Gasteiger partial charge in [0.25, 0.3) is 5.91 Å². The summed E-state index contributed by atoms with van der Waals surface area (Å²) in [6.07, 6.45) is 5.60. The van der Waals surface area contributed by atoms with Gasteiger partial charge in [0.2, 0.25) is 6.54 Å². The first-order valence-electron chi connectivity index (χ1n) is 5.39. The minimum atomic E-state index is -0.0491. The average molecular weight is 237 g/mol. The van der Waals surface area contributed by atoms with Crippen molar-refractivity contribution in [2.24, 2.45) is 10.9 Å². The number of carbonyl (C=O) groups is 1. The molecule has 0 saturated carbocycles. The van der Waals surface area contributed by atoms with Crippen molar-refractivity contribution in [1.82, 2.24) is 5.32 Å². The number of aromatic nitrogens is 1. The van der Waals surface area contributed by atoms with Gasteiger partial charge in [0.05, 0.1) is 6.21 Å². The van der Waals surface area contributed by atoms with Crippen molar-refractivity contribution < 1.29 is 14.6 Å². The fourth-order valence-electron chi connectivity index (χ4n) is 1.28. The number of oxime groups is 1. The molecule has 1 heterocycles. The third-order valence-electron chi connectivity index (χ3n) is 2.15. The van der Waals surface area contributed by atoms with Crippen LogP contribution in [-0.4, -0.2) is 30.4 Å². The number of rotatable bonds is 6. The zero-order chi connectivity index (χ0) is 12.5. The number of carbonyl (C=O) groups excluding carboxylic acids is 1. The van der Waals surface area contributed by atoms with E-state index in [0.29, 0.717) is 13.1 Å². The smallest absolute Gasteiger partial charge is 0.285 e. The van der Waals surface area contributed by atoms with Gasteiger partial charge in [-0.05, 0) is 13.0 Å². The van der Waals surface area contributed by atoms with Crippen molar-refractivity contribution in [2.75, 3.05) is 13.1 Å². The summed E-state index contributed by atoms with van der Waals surface area (Å²) in [5, 5.41) is 14.0. The fourth-order valence-corrected chi connectivity index (χ4v) is 1.28. The van der Waals surface area contributed by atoms with Crippen LogP contribution in [-0.2, 0) is 11.3 Å². The Morgan fingerprint density at radius 3 is 2.82 bits per heavy atom. The van der Waals surface area contributed by atoms with E-state index in [1.807, 2.05) is 0 Å². The van der Waals surface area contributed by atoms with Gasteiger partial charge in [0, 0.05) is 24.2 Å². The molecule has 0 unspecified atom stereocenters. The van der Waals surface area contributed by atoms with Crippen LogP contribution in [0.15, 0.2) is 29.7 Å². The molecular weight excluding hydrogens is 220 g/mol. The lowest BCUT2D eigenvalue weighted by molar-refractivity contribution is -0.684. The van der Waals surface area contributed by atoms with Gasteiger partial charge in [0.15, 0.2) is 12.4 Å². The van der Waals surface area contributed by atoms with Crippen molar-refractivity contribution in [3.8, 4) is 0 Å². The highest BCUT2D eigenvalue weighted by Gasteiger charge is 2.07. The van der Waals surface area contributed by atoms with E-state index in [4.69, 9.17) is 10.9 Å². The summed E-state index contributed by atoms with van der Waals surface area (Å²) < 4.78 is 1.74. The molecule has 0 aliphatic heterocycles. The van der Waals surface area contributed by atoms with Gasteiger partial charge >= 0.3 is 0 Å². The number of hydrogen-bond donors (Lipinski definition) is 3. The van der Waals surface area contributed by atoms with Crippen LogP contribution in [0.3, 0.4) is 0 Å². The van der Waals surface area contributed by atoms with Crippen molar-refractivity contribution in [3.63, 3.8) is 0 Å². The molecule has 0 aromatic carbocycles. The maximum atomic E-state index is 11.5. The molecule has 1 aromatic rings. The molecule has 92 valence electrons. The van der Waals surface area contributed by atoms with E-state index in [2.05, 4.69) is 10.5 Å². The highest BCUT2D eigenvalue weighted by atomic mass is 16.4. The Labute approximate surface area is 99.7 Å². The standard InChI is InChI=1S/C11H16N4O2/c12-4-1-5-13-11(16)9-15-6-2-10(3-7-15)8-14-17/h2-3,6-8H,1,4-5,9,12H2,(H,13,16)/p+1. The summed E-state index contributed by atoms with van der Waals surface area (Å²) in [5.74, 6) is -0.0491. The lowest BCUT2D eigenvalue weighted by Crippen LogP contribution is -2.42. The summed E-state index contributed by atoms with van der Waals surface area (Å²) in [6, 6.07) is 3.51. The predicted octanol–water partition coefficient (Wildman–Crippen LogP) is -0.753. The van der Waals surface area contributed by atoms with Crippen LogP contribution in [0.4, 0.5) is 0 Å². The van der Waals surface area contributed by atoms with Crippen molar-refractivity contribution in [1.29, 1.82) is 0 Å². The lowest BCUT2D eigenvalue weighted by atomic mass is 10.3. The molecule has 1 aromatic heterocycles. The molecule has 1 rings (SSSR count). The predicted molar refractivity (Wildman–Crippen MR) is 62.7 cm³/mol. The van der Waals surface area contributed by atoms with Gasteiger partial charge in [-0.1, -0.05) is 5.16 Å². The molecular formula is C11H17N4O2+. The molecule has 0 aliphatic rings. The second kappa shape index (κ2) is 7.34. The molecule has 6 nitrogen and oxygen atoms in total. The third kappa shape index (κ3) is 5.07. The third-order valence-corrected chi connectivity index (χ3v) is 2.15. The summed E-state index contributed by atoms with van der Waals surface area (Å²) in [4.78, 5) is 11.5. The summed E-state index contributed by atoms with van der Waals surface area (Å²) >= 11 is 0. The van der Waals surface area contributed by atoms with Crippen molar-refractivity contribution in [2.45, 2.75) is 13.0 Å². The monoisotopic (exact) mass is 237 g/mol. The van der Waals surface area contributed by atoms with Gasteiger partial charge in [-0.3, -0.25) is 4.79 Å². The van der Waals surface area contributed by atoms with Crippen LogP contribution in [0.25, 0.3) is 0 Å². The molecule has 4 N–H and O–H groups in total. The van der Waals surface area contributed by atoms with Crippen LogP contribution >= 0.6 is 0 Å². The average Bonchev–Trinajstić information content (AvgIpc) is 2.32. The first-order chi connectivity index (χ1) is 8.26. The Kier molecular flexibility index (Phi) is 5.67. The molecule has 0 saturated heterocycles. The Bertz CT molecular complexity index is 376. The summed E-state index contributed by atoms with van der Waals surface area (Å²) in [5.41, 5.74) is 6.09. The zero-order valence-electron chi connectivity index (χ0n) is 9.54. The van der Waals surface area contributed by atoms with Gasteiger partial charge in [0.1, 0.15) is 0 Å². The SMILES string of the molecule is NCCCNC(=O)C[n+]1ccc(/C=N/O)cc1. The quantitative estimate of drug-likeness (QED) is 0.200. The minimum absolute atomic E-state index is 0.0491. The highest BCUT2D eigenvalue weighted by Crippen LogP contribution is 1.89. The molecule has 6 heteroatoms. The van der Waals surface area contributed by atoms with E-state index in [0.717, 1.165) is 12.0 Å². The molecule has 0 radical (unpaired) electrons. The van der Waals surface area contributed by atoms with Crippen LogP contribution in [0.5, 0.6) is 0 Å². The van der Waals surface area contributed by atoms with Gasteiger partial charge < -0.3 is 16.3 Å². The molecule has 17 heavy (non-hydrogen) atoms. The van der Waals surface area contributed by atoms with Gasteiger partial charge in [-0.15, -0.1) is 0 Å². The number of nitrogens with one attached hydrogen (secondary N) is 1. The molecule has 0 fully saturated rings. The maximum absolute atomic E-state index is 11.5.